The molecule has 6 aromatic rings. The van der Waals surface area contributed by atoms with Crippen LogP contribution in [-0.2, 0) is 6.54 Å². The molecule has 0 aliphatic heterocycles. The predicted molar refractivity (Wildman–Crippen MR) is 138 cm³/mol. The number of halogens is 2. The number of H-pyrrole nitrogens is 1. The van der Waals surface area contributed by atoms with E-state index in [9.17, 15) is 8.78 Å². The van der Waals surface area contributed by atoms with Gasteiger partial charge in [0.25, 0.3) is 0 Å². The molecule has 7 heteroatoms. The Labute approximate surface area is 206 Å². The maximum atomic E-state index is 13.7. The Morgan fingerprint density at radius 1 is 0.778 bits per heavy atom. The predicted octanol–water partition coefficient (Wildman–Crippen LogP) is 6.97. The molecule has 0 aliphatic rings. The molecule has 0 bridgehead atoms. The molecule has 0 unspecified atom stereocenters. The Bertz CT molecular complexity index is 1640. The van der Waals surface area contributed by atoms with Gasteiger partial charge in [-0.05, 0) is 71.8 Å². The van der Waals surface area contributed by atoms with Gasteiger partial charge in [-0.2, -0.15) is 5.10 Å². The fraction of sp³-hybridized carbons (Fsp3) is 0.0345. The Balaban J connectivity index is 1.46. The maximum absolute atomic E-state index is 13.7. The topological polar surface area (TPSA) is 58.5 Å². The molecule has 0 saturated carbocycles. The smallest absolute Gasteiger partial charge is 0.208 e. The van der Waals surface area contributed by atoms with Crippen molar-refractivity contribution in [1.29, 1.82) is 0 Å². The third-order valence-corrected chi connectivity index (χ3v) is 6.10. The van der Waals surface area contributed by atoms with Gasteiger partial charge in [0, 0.05) is 29.6 Å². The zero-order chi connectivity index (χ0) is 24.5. The molecule has 0 aliphatic carbocycles. The number of nitrogens with one attached hydrogen (secondary N) is 2. The molecular formula is C29H21F2N5. The number of imidazole rings is 1. The van der Waals surface area contributed by atoms with Crippen molar-refractivity contribution in [3.63, 3.8) is 0 Å². The first-order valence-corrected chi connectivity index (χ1v) is 11.5. The number of hydrogen-bond acceptors (Lipinski definition) is 3. The van der Waals surface area contributed by atoms with Crippen LogP contribution in [0.2, 0.25) is 0 Å². The minimum atomic E-state index is -0.301. The van der Waals surface area contributed by atoms with Crippen molar-refractivity contribution in [2.75, 3.05) is 5.32 Å². The number of benzene rings is 4. The molecule has 0 fully saturated rings. The number of nitrogens with zero attached hydrogens (tertiary/aromatic N) is 3. The average Bonchev–Trinajstić information content (AvgIpc) is 3.54. The van der Waals surface area contributed by atoms with Gasteiger partial charge < -0.3 is 5.32 Å². The van der Waals surface area contributed by atoms with Gasteiger partial charge >= 0.3 is 0 Å². The number of aromatic amines is 1. The van der Waals surface area contributed by atoms with Crippen molar-refractivity contribution in [1.82, 2.24) is 19.7 Å². The second-order valence-electron chi connectivity index (χ2n) is 8.44. The molecule has 2 aromatic heterocycles. The van der Waals surface area contributed by atoms with Crippen molar-refractivity contribution in [3.8, 4) is 28.1 Å². The van der Waals surface area contributed by atoms with Crippen molar-refractivity contribution in [3.05, 3.63) is 120 Å². The van der Waals surface area contributed by atoms with Gasteiger partial charge in [-0.3, -0.25) is 9.67 Å². The van der Waals surface area contributed by atoms with Crippen LogP contribution in [-0.4, -0.2) is 19.7 Å². The summed E-state index contributed by atoms with van der Waals surface area (Å²) in [6, 6.07) is 28.7. The molecule has 4 aromatic carbocycles. The van der Waals surface area contributed by atoms with Crippen LogP contribution in [0.5, 0.6) is 0 Å². The third kappa shape index (κ3) is 4.11. The van der Waals surface area contributed by atoms with Gasteiger partial charge in [0.05, 0.1) is 16.7 Å². The summed E-state index contributed by atoms with van der Waals surface area (Å²) in [6.07, 6.45) is 1.83. The van der Waals surface area contributed by atoms with Gasteiger partial charge in [-0.15, -0.1) is 0 Å². The Kier molecular flexibility index (Phi) is 5.50. The number of rotatable bonds is 6. The summed E-state index contributed by atoms with van der Waals surface area (Å²) < 4.78 is 29.2. The van der Waals surface area contributed by atoms with E-state index in [4.69, 9.17) is 4.98 Å². The highest BCUT2D eigenvalue weighted by Crippen LogP contribution is 2.34. The van der Waals surface area contributed by atoms with E-state index >= 15 is 0 Å². The summed E-state index contributed by atoms with van der Waals surface area (Å²) in [5.74, 6) is 0.0598. The van der Waals surface area contributed by atoms with E-state index in [-0.39, 0.29) is 11.6 Å². The van der Waals surface area contributed by atoms with Gasteiger partial charge in [0.2, 0.25) is 5.95 Å². The molecule has 0 spiro atoms. The second kappa shape index (κ2) is 9.11. The van der Waals surface area contributed by atoms with Crippen LogP contribution in [0.25, 0.3) is 39.1 Å². The summed E-state index contributed by atoms with van der Waals surface area (Å²) in [4.78, 5) is 4.83. The van der Waals surface area contributed by atoms with E-state index in [2.05, 4.69) is 15.5 Å². The number of anilines is 1. The van der Waals surface area contributed by atoms with Crippen LogP contribution in [0.3, 0.4) is 0 Å². The number of fused-ring (bicyclic) bond motifs is 1. The lowest BCUT2D eigenvalue weighted by Crippen LogP contribution is -2.06. The van der Waals surface area contributed by atoms with E-state index in [1.165, 1.54) is 24.3 Å². The summed E-state index contributed by atoms with van der Waals surface area (Å²) in [5.41, 5.74) is 6.92. The first kappa shape index (κ1) is 21.7. The average molecular weight is 478 g/mol. The van der Waals surface area contributed by atoms with Crippen LogP contribution in [0.4, 0.5) is 14.7 Å². The lowest BCUT2D eigenvalue weighted by atomic mass is 10.0. The Hall–Kier alpha value is -4.78. The van der Waals surface area contributed by atoms with Crippen LogP contribution in [0, 0.1) is 11.6 Å². The molecule has 176 valence electrons. The van der Waals surface area contributed by atoms with Crippen molar-refractivity contribution in [2.24, 2.45) is 0 Å². The lowest BCUT2D eigenvalue weighted by Gasteiger charge is -2.12. The van der Waals surface area contributed by atoms with Crippen molar-refractivity contribution < 1.29 is 8.78 Å². The van der Waals surface area contributed by atoms with E-state index in [1.807, 2.05) is 59.3 Å². The summed E-state index contributed by atoms with van der Waals surface area (Å²) >= 11 is 0. The van der Waals surface area contributed by atoms with E-state index in [0.29, 0.717) is 12.5 Å². The van der Waals surface area contributed by atoms with Crippen LogP contribution in [0.1, 0.15) is 5.56 Å². The zero-order valence-electron chi connectivity index (χ0n) is 19.1. The highest BCUT2D eigenvalue weighted by Gasteiger charge is 2.16. The van der Waals surface area contributed by atoms with Crippen molar-refractivity contribution >= 4 is 17.0 Å². The Morgan fingerprint density at radius 3 is 2.22 bits per heavy atom. The molecule has 0 radical (unpaired) electrons. The fourth-order valence-corrected chi connectivity index (χ4v) is 4.33. The molecule has 0 atom stereocenters. The fourth-order valence-electron chi connectivity index (χ4n) is 4.33. The largest absolute Gasteiger partial charge is 0.351 e. The van der Waals surface area contributed by atoms with Crippen molar-refractivity contribution in [2.45, 2.75) is 6.54 Å². The molecule has 0 amide bonds. The number of hydrogen-bond donors (Lipinski definition) is 2. The quantitative estimate of drug-likeness (QED) is 0.272. The zero-order valence-corrected chi connectivity index (χ0v) is 19.1. The molecule has 5 nitrogen and oxygen atoms in total. The highest BCUT2D eigenvalue weighted by molar-refractivity contribution is 5.89. The molecule has 2 N–H and O–H groups in total. The SMILES string of the molecule is Fc1ccc(-c2n[nH]cc2-c2ccc3nc(NCc4ccccc4)n(-c4ccc(F)cc4)c3c2)cc1. The monoisotopic (exact) mass is 477 g/mol. The molecule has 2 heterocycles. The standard InChI is InChI=1S/C29H21F2N5/c30-22-9-6-20(7-10-22)28-25(18-33-35-28)21-8-15-26-27(16-21)36(24-13-11-23(31)12-14-24)29(34-26)32-17-19-4-2-1-3-5-19/h1-16,18H,17H2,(H,32,34)(H,33,35). The van der Waals surface area contributed by atoms with E-state index in [0.717, 1.165) is 44.7 Å². The third-order valence-electron chi connectivity index (χ3n) is 6.10. The number of aromatic nitrogens is 4. The summed E-state index contributed by atoms with van der Waals surface area (Å²) in [7, 11) is 0. The Morgan fingerprint density at radius 2 is 1.47 bits per heavy atom. The summed E-state index contributed by atoms with van der Waals surface area (Å²) in [6.45, 7) is 0.592. The van der Waals surface area contributed by atoms with E-state index < -0.39 is 0 Å². The second-order valence-corrected chi connectivity index (χ2v) is 8.44. The highest BCUT2D eigenvalue weighted by atomic mass is 19.1. The minimum absolute atomic E-state index is 0.295. The molecular weight excluding hydrogens is 456 g/mol. The first-order chi connectivity index (χ1) is 17.7. The molecule has 36 heavy (non-hydrogen) atoms. The molecule has 6 rings (SSSR count). The van der Waals surface area contributed by atoms with Crippen LogP contribution < -0.4 is 5.32 Å². The summed E-state index contributed by atoms with van der Waals surface area (Å²) in [5, 5.41) is 10.8. The maximum Gasteiger partial charge on any atom is 0.208 e. The van der Waals surface area contributed by atoms with Gasteiger partial charge in [0.1, 0.15) is 11.6 Å². The van der Waals surface area contributed by atoms with Gasteiger partial charge in [-0.25, -0.2) is 13.8 Å². The molecule has 0 saturated heterocycles. The van der Waals surface area contributed by atoms with Gasteiger partial charge in [-0.1, -0.05) is 36.4 Å². The van der Waals surface area contributed by atoms with Crippen LogP contribution >= 0.6 is 0 Å². The van der Waals surface area contributed by atoms with Gasteiger partial charge in [0.15, 0.2) is 0 Å². The normalized spacial score (nSPS) is 11.2. The first-order valence-electron chi connectivity index (χ1n) is 11.5. The minimum Gasteiger partial charge on any atom is -0.351 e. The lowest BCUT2D eigenvalue weighted by molar-refractivity contribution is 0.627. The van der Waals surface area contributed by atoms with Crippen LogP contribution in [0.15, 0.2) is 103 Å². The van der Waals surface area contributed by atoms with E-state index in [1.54, 1.807) is 24.3 Å².